The van der Waals surface area contributed by atoms with Crippen LogP contribution in [0.4, 0.5) is 5.95 Å². The van der Waals surface area contributed by atoms with Gasteiger partial charge in [-0.3, -0.25) is 4.98 Å². The van der Waals surface area contributed by atoms with Crippen LogP contribution in [-0.4, -0.2) is 39.9 Å². The van der Waals surface area contributed by atoms with Crippen LogP contribution in [-0.2, 0) is 11.3 Å². The van der Waals surface area contributed by atoms with E-state index in [1.807, 2.05) is 13.0 Å². The van der Waals surface area contributed by atoms with Gasteiger partial charge >= 0.3 is 0 Å². The molecule has 138 valence electrons. The van der Waals surface area contributed by atoms with Gasteiger partial charge < -0.3 is 19.7 Å². The second-order valence-electron chi connectivity index (χ2n) is 6.66. The molecule has 6 heteroatoms. The number of imidazole rings is 1. The molecule has 2 N–H and O–H groups in total. The number of aromatic hydroxyl groups is 1. The highest BCUT2D eigenvalue weighted by molar-refractivity contribution is 5.82. The Morgan fingerprint density at radius 3 is 2.73 bits per heavy atom. The Hall–Kier alpha value is -2.60. The lowest BCUT2D eigenvalue weighted by Gasteiger charge is -2.12. The Morgan fingerprint density at radius 2 is 1.96 bits per heavy atom. The molecule has 0 bridgehead atoms. The summed E-state index contributed by atoms with van der Waals surface area (Å²) in [7, 11) is 1.70. The summed E-state index contributed by atoms with van der Waals surface area (Å²) in [4.78, 5) is 9.30. The van der Waals surface area contributed by atoms with Crippen LogP contribution in [0, 0.1) is 20.8 Å². The van der Waals surface area contributed by atoms with E-state index in [0.717, 1.165) is 41.2 Å². The predicted octanol–water partition coefficient (Wildman–Crippen LogP) is 3.56. The van der Waals surface area contributed by atoms with Crippen molar-refractivity contribution in [2.24, 2.45) is 0 Å². The first-order valence-electron chi connectivity index (χ1n) is 8.85. The minimum atomic E-state index is 0.201. The first kappa shape index (κ1) is 18.2. The molecule has 2 heterocycles. The number of anilines is 1. The zero-order valence-electron chi connectivity index (χ0n) is 15.8. The number of ether oxygens (including phenoxy) is 1. The van der Waals surface area contributed by atoms with Gasteiger partial charge in [0, 0.05) is 26.0 Å². The number of nitrogens with one attached hydrogen (secondary N) is 1. The maximum atomic E-state index is 10.2. The molecule has 0 aliphatic heterocycles. The molecule has 0 aliphatic rings. The fourth-order valence-electron chi connectivity index (χ4n) is 3.15. The summed E-state index contributed by atoms with van der Waals surface area (Å²) in [5, 5.41) is 13.6. The molecule has 0 amide bonds. The molecule has 0 saturated carbocycles. The maximum absolute atomic E-state index is 10.2. The molecule has 0 unspecified atom stereocenters. The van der Waals surface area contributed by atoms with Crippen molar-refractivity contribution in [3.8, 4) is 5.75 Å². The molecule has 0 radical (unpaired) electrons. The Balaban J connectivity index is 2.03. The van der Waals surface area contributed by atoms with Crippen molar-refractivity contribution >= 4 is 17.0 Å². The molecule has 0 atom stereocenters. The van der Waals surface area contributed by atoms with Crippen LogP contribution in [0.5, 0.6) is 5.75 Å². The van der Waals surface area contributed by atoms with Gasteiger partial charge in [0.15, 0.2) is 0 Å². The Kier molecular flexibility index (Phi) is 5.42. The molecular formula is C20H26N4O2. The highest BCUT2D eigenvalue weighted by Crippen LogP contribution is 2.27. The molecule has 2 aromatic heterocycles. The normalized spacial score (nSPS) is 11.2. The quantitative estimate of drug-likeness (QED) is 0.635. The number of benzene rings is 1. The smallest absolute Gasteiger partial charge is 0.204 e. The topological polar surface area (TPSA) is 72.2 Å². The number of pyridine rings is 1. The SMILES string of the molecule is COCCCNc1nc2c(C)cc(C)cc2n1Cc1nc(C)ccc1O. The molecule has 0 aliphatic carbocycles. The van der Waals surface area contributed by atoms with E-state index in [1.54, 1.807) is 13.2 Å². The standard InChI is InChI=1S/C20H26N4O2/c1-13-10-14(2)19-17(11-13)24(20(23-19)21-8-5-9-26-4)12-16-18(25)7-6-15(3)22-16/h6-7,10-11,25H,5,8-9,12H2,1-4H3,(H,21,23). The van der Waals surface area contributed by atoms with E-state index in [4.69, 9.17) is 9.72 Å². The van der Waals surface area contributed by atoms with E-state index in [1.165, 1.54) is 5.56 Å². The summed E-state index contributed by atoms with van der Waals surface area (Å²) in [6.07, 6.45) is 0.895. The highest BCUT2D eigenvalue weighted by atomic mass is 16.5. The Labute approximate surface area is 153 Å². The number of rotatable bonds is 7. The van der Waals surface area contributed by atoms with Crippen LogP contribution in [0.3, 0.4) is 0 Å². The predicted molar refractivity (Wildman–Crippen MR) is 104 cm³/mol. The van der Waals surface area contributed by atoms with Crippen molar-refractivity contribution in [2.45, 2.75) is 33.7 Å². The zero-order valence-corrected chi connectivity index (χ0v) is 15.8. The molecule has 0 spiro atoms. The van der Waals surface area contributed by atoms with E-state index < -0.39 is 0 Å². The average Bonchev–Trinajstić information content (AvgIpc) is 2.93. The molecule has 1 aromatic carbocycles. The summed E-state index contributed by atoms with van der Waals surface area (Å²) in [5.41, 5.74) is 5.85. The van der Waals surface area contributed by atoms with Crippen LogP contribution >= 0.6 is 0 Å². The van der Waals surface area contributed by atoms with Gasteiger partial charge in [-0.2, -0.15) is 0 Å². The number of aromatic nitrogens is 3. The summed E-state index contributed by atoms with van der Waals surface area (Å²) in [6, 6.07) is 7.77. The Bertz CT molecular complexity index is 918. The van der Waals surface area contributed by atoms with Crippen LogP contribution < -0.4 is 5.32 Å². The Morgan fingerprint density at radius 1 is 1.15 bits per heavy atom. The van der Waals surface area contributed by atoms with Gasteiger partial charge in [-0.1, -0.05) is 6.07 Å². The van der Waals surface area contributed by atoms with E-state index in [9.17, 15) is 5.11 Å². The van der Waals surface area contributed by atoms with E-state index in [0.29, 0.717) is 18.8 Å². The summed E-state index contributed by atoms with van der Waals surface area (Å²) >= 11 is 0. The highest BCUT2D eigenvalue weighted by Gasteiger charge is 2.15. The third-order valence-electron chi connectivity index (χ3n) is 4.39. The minimum absolute atomic E-state index is 0.201. The first-order valence-corrected chi connectivity index (χ1v) is 8.85. The van der Waals surface area contributed by atoms with Gasteiger partial charge in [-0.25, -0.2) is 4.98 Å². The van der Waals surface area contributed by atoms with Gasteiger partial charge in [0.25, 0.3) is 0 Å². The molecular weight excluding hydrogens is 328 g/mol. The maximum Gasteiger partial charge on any atom is 0.204 e. The van der Waals surface area contributed by atoms with Gasteiger partial charge in [0.1, 0.15) is 11.4 Å². The molecule has 3 rings (SSSR count). The van der Waals surface area contributed by atoms with Gasteiger partial charge in [-0.05, 0) is 56.5 Å². The van der Waals surface area contributed by atoms with Crippen molar-refractivity contribution in [3.05, 3.63) is 46.8 Å². The number of hydrogen-bond donors (Lipinski definition) is 2. The van der Waals surface area contributed by atoms with Gasteiger partial charge in [0.2, 0.25) is 5.95 Å². The van der Waals surface area contributed by atoms with Crippen LogP contribution in [0.25, 0.3) is 11.0 Å². The van der Waals surface area contributed by atoms with E-state index >= 15 is 0 Å². The molecule has 6 nitrogen and oxygen atoms in total. The summed E-state index contributed by atoms with van der Waals surface area (Å²) < 4.78 is 7.21. The van der Waals surface area contributed by atoms with Crippen LogP contribution in [0.1, 0.15) is 28.9 Å². The van der Waals surface area contributed by atoms with Gasteiger partial charge in [-0.15, -0.1) is 0 Å². The van der Waals surface area contributed by atoms with Gasteiger partial charge in [0.05, 0.1) is 17.6 Å². The third kappa shape index (κ3) is 3.80. The second-order valence-corrected chi connectivity index (χ2v) is 6.66. The lowest BCUT2D eigenvalue weighted by atomic mass is 10.1. The molecule has 0 fully saturated rings. The van der Waals surface area contributed by atoms with E-state index in [2.05, 4.69) is 40.8 Å². The fourth-order valence-corrected chi connectivity index (χ4v) is 3.15. The van der Waals surface area contributed by atoms with Crippen molar-refractivity contribution in [2.75, 3.05) is 25.6 Å². The van der Waals surface area contributed by atoms with Crippen molar-refractivity contribution in [3.63, 3.8) is 0 Å². The minimum Gasteiger partial charge on any atom is -0.506 e. The van der Waals surface area contributed by atoms with Crippen molar-refractivity contribution in [1.82, 2.24) is 14.5 Å². The fraction of sp³-hybridized carbons (Fsp3) is 0.400. The summed E-state index contributed by atoms with van der Waals surface area (Å²) in [6.45, 7) is 8.00. The largest absolute Gasteiger partial charge is 0.506 e. The van der Waals surface area contributed by atoms with Crippen molar-refractivity contribution < 1.29 is 9.84 Å². The molecule has 0 saturated heterocycles. The van der Waals surface area contributed by atoms with Crippen LogP contribution in [0.15, 0.2) is 24.3 Å². The first-order chi connectivity index (χ1) is 12.5. The lowest BCUT2D eigenvalue weighted by molar-refractivity contribution is 0.197. The second kappa shape index (κ2) is 7.74. The summed E-state index contributed by atoms with van der Waals surface area (Å²) in [5.74, 6) is 0.986. The number of fused-ring (bicyclic) bond motifs is 1. The monoisotopic (exact) mass is 354 g/mol. The number of aryl methyl sites for hydroxylation is 3. The van der Waals surface area contributed by atoms with Crippen LogP contribution in [0.2, 0.25) is 0 Å². The van der Waals surface area contributed by atoms with E-state index in [-0.39, 0.29) is 5.75 Å². The lowest BCUT2D eigenvalue weighted by Crippen LogP contribution is -2.12. The molecule has 3 aromatic rings. The average molecular weight is 354 g/mol. The third-order valence-corrected chi connectivity index (χ3v) is 4.39. The molecule has 26 heavy (non-hydrogen) atoms. The number of methoxy groups -OCH3 is 1. The number of hydrogen-bond acceptors (Lipinski definition) is 5. The van der Waals surface area contributed by atoms with Crippen molar-refractivity contribution in [1.29, 1.82) is 0 Å². The zero-order chi connectivity index (χ0) is 18.7. The number of nitrogens with zero attached hydrogens (tertiary/aromatic N) is 3.